The smallest absolute Gasteiger partial charge is 0.263 e. The highest BCUT2D eigenvalue weighted by atomic mass is 16.5. The van der Waals surface area contributed by atoms with Crippen molar-refractivity contribution in [3.8, 4) is 11.5 Å². The van der Waals surface area contributed by atoms with Gasteiger partial charge in [-0.05, 0) is 12.1 Å². The van der Waals surface area contributed by atoms with Gasteiger partial charge >= 0.3 is 0 Å². The molecule has 3 rings (SSSR count). The van der Waals surface area contributed by atoms with Gasteiger partial charge in [0.1, 0.15) is 24.2 Å². The minimum atomic E-state index is -0.562. The van der Waals surface area contributed by atoms with E-state index < -0.39 is 12.2 Å². The first-order chi connectivity index (χ1) is 8.65. The maximum atomic E-state index is 11.7. The molecule has 1 N–H and O–H groups in total. The molecule has 96 valence electrons. The van der Waals surface area contributed by atoms with Crippen LogP contribution >= 0.6 is 0 Å². The van der Waals surface area contributed by atoms with Crippen LogP contribution in [0.25, 0.3) is 0 Å². The summed E-state index contributed by atoms with van der Waals surface area (Å²) in [5.74, 6) is 1.26. The molecule has 2 aliphatic rings. The molecule has 0 bridgehead atoms. The first kappa shape index (κ1) is 11.3. The molecule has 0 aromatic heterocycles. The Balaban J connectivity index is 1.76. The molecule has 2 atom stereocenters. The lowest BCUT2D eigenvalue weighted by Crippen LogP contribution is -2.29. The van der Waals surface area contributed by atoms with Gasteiger partial charge in [-0.2, -0.15) is 0 Å². The van der Waals surface area contributed by atoms with Gasteiger partial charge in [-0.25, -0.2) is 0 Å². The quantitative estimate of drug-likeness (QED) is 0.839. The molecule has 0 spiro atoms. The monoisotopic (exact) mass is 249 g/mol. The molecular formula is C13H15NO4. The number of rotatable bonds is 2. The van der Waals surface area contributed by atoms with E-state index in [4.69, 9.17) is 9.47 Å². The highest BCUT2D eigenvalue weighted by molar-refractivity contribution is 5.83. The molecule has 2 unspecified atom stereocenters. The van der Waals surface area contributed by atoms with Crippen LogP contribution in [-0.2, 0) is 4.79 Å². The van der Waals surface area contributed by atoms with Gasteiger partial charge in [0.15, 0.2) is 6.10 Å². The fourth-order valence-electron chi connectivity index (χ4n) is 2.31. The lowest BCUT2D eigenvalue weighted by atomic mass is 10.1. The van der Waals surface area contributed by atoms with Crippen molar-refractivity contribution < 1.29 is 19.4 Å². The van der Waals surface area contributed by atoms with Gasteiger partial charge in [-0.15, -0.1) is 0 Å². The summed E-state index contributed by atoms with van der Waals surface area (Å²) >= 11 is 0. The van der Waals surface area contributed by atoms with E-state index in [1.807, 2.05) is 0 Å². The van der Waals surface area contributed by atoms with E-state index in [1.54, 1.807) is 30.1 Å². The molecular weight excluding hydrogens is 234 g/mol. The summed E-state index contributed by atoms with van der Waals surface area (Å²) < 4.78 is 11.0. The van der Waals surface area contributed by atoms with Crippen LogP contribution in [-0.4, -0.2) is 42.2 Å². The number of likely N-dealkylation sites (N-methyl/N-ethyl adjacent to an activating group) is 1. The van der Waals surface area contributed by atoms with Gasteiger partial charge < -0.3 is 19.5 Å². The third-order valence-corrected chi connectivity index (χ3v) is 3.40. The summed E-state index contributed by atoms with van der Waals surface area (Å²) in [4.78, 5) is 13.4. The molecule has 1 fully saturated rings. The summed E-state index contributed by atoms with van der Waals surface area (Å²) in [5, 5.41) is 9.61. The summed E-state index contributed by atoms with van der Waals surface area (Å²) in [6.45, 7) is 1.01. The van der Waals surface area contributed by atoms with E-state index >= 15 is 0 Å². The highest BCUT2D eigenvalue weighted by Gasteiger charge is 2.31. The number of hydrogen-bond acceptors (Lipinski definition) is 4. The maximum Gasteiger partial charge on any atom is 0.263 e. The summed E-state index contributed by atoms with van der Waals surface area (Å²) in [6, 6.07) is 5.28. The number of aliphatic hydroxyl groups is 1. The number of carbonyl (C=O) groups is 1. The van der Waals surface area contributed by atoms with E-state index in [1.165, 1.54) is 0 Å². The largest absolute Gasteiger partial charge is 0.490 e. The SMILES string of the molecule is CN1CCC(Oc2ccc3c(c2)OCC3O)C1=O. The van der Waals surface area contributed by atoms with Gasteiger partial charge in [0.2, 0.25) is 0 Å². The Labute approximate surface area is 105 Å². The lowest BCUT2D eigenvalue weighted by Gasteiger charge is -2.13. The molecule has 1 saturated heterocycles. The van der Waals surface area contributed by atoms with Crippen molar-refractivity contribution >= 4 is 5.91 Å². The molecule has 0 radical (unpaired) electrons. The van der Waals surface area contributed by atoms with Gasteiger partial charge in [0, 0.05) is 31.6 Å². The molecule has 1 aromatic rings. The van der Waals surface area contributed by atoms with E-state index in [-0.39, 0.29) is 12.5 Å². The Hall–Kier alpha value is -1.75. The zero-order valence-corrected chi connectivity index (χ0v) is 10.1. The Kier molecular flexibility index (Phi) is 2.63. The fourth-order valence-corrected chi connectivity index (χ4v) is 2.31. The number of fused-ring (bicyclic) bond motifs is 1. The standard InChI is InChI=1S/C13H15NO4/c1-14-5-4-11(13(14)16)18-8-2-3-9-10(15)7-17-12(9)6-8/h2-3,6,10-11,15H,4-5,7H2,1H3. The minimum absolute atomic E-state index is 0.0106. The molecule has 1 aromatic carbocycles. The number of carbonyl (C=O) groups excluding carboxylic acids is 1. The van der Waals surface area contributed by atoms with Gasteiger partial charge in [-0.3, -0.25) is 4.79 Å². The van der Waals surface area contributed by atoms with Crippen molar-refractivity contribution in [2.45, 2.75) is 18.6 Å². The van der Waals surface area contributed by atoms with Gasteiger partial charge in [0.25, 0.3) is 5.91 Å². The van der Waals surface area contributed by atoms with Crippen LogP contribution in [0, 0.1) is 0 Å². The molecule has 2 aliphatic heterocycles. The number of hydrogen-bond donors (Lipinski definition) is 1. The average molecular weight is 249 g/mol. The van der Waals surface area contributed by atoms with Crippen LogP contribution in [0.4, 0.5) is 0 Å². The molecule has 5 heteroatoms. The van der Waals surface area contributed by atoms with Crippen LogP contribution in [0.15, 0.2) is 18.2 Å². The van der Waals surface area contributed by atoms with Crippen molar-refractivity contribution in [3.63, 3.8) is 0 Å². The summed E-state index contributed by atoms with van der Waals surface area (Å²) in [6.07, 6.45) is -0.261. The predicted octanol–water partition coefficient (Wildman–Crippen LogP) is 0.722. The number of ether oxygens (including phenoxy) is 2. The van der Waals surface area contributed by atoms with Gasteiger partial charge in [0.05, 0.1) is 0 Å². The maximum absolute atomic E-state index is 11.7. The summed E-state index contributed by atoms with van der Waals surface area (Å²) in [5.41, 5.74) is 0.775. The fraction of sp³-hybridized carbons (Fsp3) is 0.462. The minimum Gasteiger partial charge on any atom is -0.490 e. The molecule has 5 nitrogen and oxygen atoms in total. The van der Waals surface area contributed by atoms with E-state index in [9.17, 15) is 9.90 Å². The highest BCUT2D eigenvalue weighted by Crippen LogP contribution is 2.35. The average Bonchev–Trinajstić information content (AvgIpc) is 2.88. The predicted molar refractivity (Wildman–Crippen MR) is 63.6 cm³/mol. The van der Waals surface area contributed by atoms with Crippen LogP contribution < -0.4 is 9.47 Å². The Morgan fingerprint density at radius 2 is 2.33 bits per heavy atom. The van der Waals surface area contributed by atoms with Crippen molar-refractivity contribution in [1.82, 2.24) is 4.90 Å². The second kappa shape index (κ2) is 4.17. The second-order valence-electron chi connectivity index (χ2n) is 4.68. The molecule has 2 heterocycles. The van der Waals surface area contributed by atoms with Crippen molar-refractivity contribution in [3.05, 3.63) is 23.8 Å². The molecule has 0 saturated carbocycles. The number of nitrogens with zero attached hydrogens (tertiary/aromatic N) is 1. The Morgan fingerprint density at radius 1 is 1.50 bits per heavy atom. The Morgan fingerprint density at radius 3 is 3.06 bits per heavy atom. The van der Waals surface area contributed by atoms with Crippen molar-refractivity contribution in [2.24, 2.45) is 0 Å². The van der Waals surface area contributed by atoms with Crippen LogP contribution in [0.2, 0.25) is 0 Å². The third kappa shape index (κ3) is 1.80. The number of aliphatic hydroxyl groups excluding tert-OH is 1. The molecule has 1 amide bonds. The van der Waals surface area contributed by atoms with Crippen LogP contribution in [0.1, 0.15) is 18.1 Å². The third-order valence-electron chi connectivity index (χ3n) is 3.40. The first-order valence-corrected chi connectivity index (χ1v) is 6.01. The van der Waals surface area contributed by atoms with E-state index in [0.717, 1.165) is 12.1 Å². The molecule has 0 aliphatic carbocycles. The van der Waals surface area contributed by atoms with E-state index in [0.29, 0.717) is 17.9 Å². The van der Waals surface area contributed by atoms with Gasteiger partial charge in [-0.1, -0.05) is 0 Å². The Bertz CT molecular complexity index is 488. The van der Waals surface area contributed by atoms with E-state index in [2.05, 4.69) is 0 Å². The second-order valence-corrected chi connectivity index (χ2v) is 4.68. The normalized spacial score (nSPS) is 26.1. The number of amides is 1. The summed E-state index contributed by atoms with van der Waals surface area (Å²) in [7, 11) is 1.77. The lowest BCUT2D eigenvalue weighted by molar-refractivity contribution is -0.132. The van der Waals surface area contributed by atoms with Crippen LogP contribution in [0.3, 0.4) is 0 Å². The zero-order valence-electron chi connectivity index (χ0n) is 10.1. The van der Waals surface area contributed by atoms with Crippen LogP contribution in [0.5, 0.6) is 11.5 Å². The first-order valence-electron chi connectivity index (χ1n) is 6.01. The van der Waals surface area contributed by atoms with Crippen molar-refractivity contribution in [2.75, 3.05) is 20.2 Å². The topological polar surface area (TPSA) is 59.0 Å². The zero-order chi connectivity index (χ0) is 12.7. The number of benzene rings is 1. The number of likely N-dealkylation sites (tertiary alicyclic amines) is 1. The molecule has 18 heavy (non-hydrogen) atoms. The van der Waals surface area contributed by atoms with Crippen molar-refractivity contribution in [1.29, 1.82) is 0 Å².